The van der Waals surface area contributed by atoms with Gasteiger partial charge in [0, 0.05) is 23.4 Å². The number of thiophene rings is 1. The third-order valence-corrected chi connectivity index (χ3v) is 8.09. The molecular weight excluding hydrogens is 480 g/mol. The van der Waals surface area contributed by atoms with Gasteiger partial charge in [-0.05, 0) is 37.8 Å². The first-order chi connectivity index (χ1) is 16.9. The molecule has 184 valence electrons. The number of carbonyl (C=O) groups is 2. The third-order valence-electron chi connectivity index (χ3n) is 6.23. The molecule has 1 aromatic carbocycles. The molecule has 35 heavy (non-hydrogen) atoms. The van der Waals surface area contributed by atoms with Crippen molar-refractivity contribution >= 4 is 40.0 Å². The molecule has 0 radical (unpaired) electrons. The van der Waals surface area contributed by atoms with Crippen LogP contribution in [-0.4, -0.2) is 39.5 Å². The zero-order valence-electron chi connectivity index (χ0n) is 20.3. The van der Waals surface area contributed by atoms with Gasteiger partial charge >= 0.3 is 5.97 Å². The number of esters is 1. The Morgan fingerprint density at radius 2 is 2.03 bits per heavy atom. The van der Waals surface area contributed by atoms with Gasteiger partial charge in [0.15, 0.2) is 5.16 Å². The average molecular weight is 511 g/mol. The zero-order chi connectivity index (χ0) is 24.9. The van der Waals surface area contributed by atoms with E-state index in [1.54, 1.807) is 0 Å². The van der Waals surface area contributed by atoms with Crippen LogP contribution in [0.1, 0.15) is 58.9 Å². The predicted molar refractivity (Wildman–Crippen MR) is 141 cm³/mol. The summed E-state index contributed by atoms with van der Waals surface area (Å²) >= 11 is 2.66. The lowest BCUT2D eigenvalue weighted by Gasteiger charge is -2.12. The van der Waals surface area contributed by atoms with E-state index in [4.69, 9.17) is 4.74 Å². The third kappa shape index (κ3) is 5.51. The highest BCUT2D eigenvalue weighted by molar-refractivity contribution is 7.99. The molecule has 3 aromatic rings. The van der Waals surface area contributed by atoms with E-state index in [1.165, 1.54) is 43.1 Å². The van der Waals surface area contributed by atoms with Crippen LogP contribution in [0.15, 0.2) is 41.4 Å². The largest absolute Gasteiger partial charge is 0.465 e. The zero-order valence-corrected chi connectivity index (χ0v) is 21.9. The molecule has 0 saturated heterocycles. The number of rotatable bonds is 9. The molecule has 1 aliphatic carbocycles. The molecule has 0 aliphatic heterocycles. The van der Waals surface area contributed by atoms with E-state index < -0.39 is 5.97 Å². The number of thioether (sulfide) groups is 1. The Morgan fingerprint density at radius 1 is 1.26 bits per heavy atom. The molecule has 1 fully saturated rings. The molecule has 0 bridgehead atoms. The van der Waals surface area contributed by atoms with Crippen LogP contribution in [0.5, 0.6) is 0 Å². The van der Waals surface area contributed by atoms with E-state index in [-0.39, 0.29) is 11.7 Å². The second kappa shape index (κ2) is 11.2. The molecule has 9 heteroatoms. The van der Waals surface area contributed by atoms with Crippen molar-refractivity contribution in [1.29, 1.82) is 0 Å². The Hall–Kier alpha value is -2.91. The summed E-state index contributed by atoms with van der Waals surface area (Å²) in [6.07, 6.45) is 6.50. The number of nitrogens with one attached hydrogen (secondary N) is 1. The first-order valence-electron chi connectivity index (χ1n) is 11.7. The Kier molecular flexibility index (Phi) is 8.07. The van der Waals surface area contributed by atoms with Crippen molar-refractivity contribution in [3.8, 4) is 11.1 Å². The van der Waals surface area contributed by atoms with Crippen molar-refractivity contribution in [3.63, 3.8) is 0 Å². The molecule has 1 N–H and O–H groups in total. The topological polar surface area (TPSA) is 86.1 Å². The number of allylic oxidation sites excluding steroid dienone is 1. The van der Waals surface area contributed by atoms with Crippen LogP contribution < -0.4 is 5.32 Å². The van der Waals surface area contributed by atoms with Gasteiger partial charge in [-0.3, -0.25) is 4.79 Å². The van der Waals surface area contributed by atoms with E-state index in [2.05, 4.69) is 26.7 Å². The molecule has 0 spiro atoms. The van der Waals surface area contributed by atoms with Crippen molar-refractivity contribution in [2.75, 3.05) is 18.2 Å². The van der Waals surface area contributed by atoms with Crippen LogP contribution in [0.3, 0.4) is 0 Å². The molecule has 1 amide bonds. The second-order valence-corrected chi connectivity index (χ2v) is 10.5. The fourth-order valence-corrected chi connectivity index (χ4v) is 6.18. The summed E-state index contributed by atoms with van der Waals surface area (Å²) in [4.78, 5) is 25.6. The van der Waals surface area contributed by atoms with Crippen LogP contribution in [0.25, 0.3) is 11.1 Å². The van der Waals surface area contributed by atoms with Crippen molar-refractivity contribution in [2.24, 2.45) is 0 Å². The molecular formula is C26H30N4O3S2. The van der Waals surface area contributed by atoms with Gasteiger partial charge in [0.25, 0.3) is 0 Å². The molecule has 0 atom stereocenters. The number of carbonyl (C=O) groups excluding carboxylic acids is 2. The number of aromatic nitrogens is 3. The minimum Gasteiger partial charge on any atom is -0.465 e. The van der Waals surface area contributed by atoms with Gasteiger partial charge in [0.1, 0.15) is 16.4 Å². The standard InChI is InChI=1S/C26H30N4O3S2/c1-5-12-30-23(18-8-6-7-9-18)28-29-26(30)35-15-21(31)27-24-22(25(32)33-4)20(14-34-24)19-13-16(2)10-11-17(19)3/h5,10-11,13-14,18H,1,6-9,12,15H2,2-4H3,(H,27,31). The van der Waals surface area contributed by atoms with Gasteiger partial charge in [-0.25, -0.2) is 4.79 Å². The van der Waals surface area contributed by atoms with Crippen LogP contribution in [0, 0.1) is 13.8 Å². The molecule has 2 aromatic heterocycles. The van der Waals surface area contributed by atoms with Gasteiger partial charge < -0.3 is 14.6 Å². The van der Waals surface area contributed by atoms with Crippen LogP contribution in [-0.2, 0) is 16.1 Å². The molecule has 1 aliphatic rings. The minimum atomic E-state index is -0.475. The first-order valence-corrected chi connectivity index (χ1v) is 13.5. The van der Waals surface area contributed by atoms with E-state index in [9.17, 15) is 9.59 Å². The maximum atomic E-state index is 12.9. The number of ether oxygens (including phenoxy) is 1. The Morgan fingerprint density at radius 3 is 2.74 bits per heavy atom. The lowest BCUT2D eigenvalue weighted by atomic mass is 9.97. The Balaban J connectivity index is 1.52. The number of amides is 1. The minimum absolute atomic E-state index is 0.150. The van der Waals surface area contributed by atoms with Crippen molar-refractivity contribution < 1.29 is 14.3 Å². The smallest absolute Gasteiger partial charge is 0.341 e. The molecule has 2 heterocycles. The van der Waals surface area contributed by atoms with Gasteiger partial charge in [-0.15, -0.1) is 28.1 Å². The number of nitrogens with zero attached hydrogens (tertiary/aromatic N) is 3. The summed E-state index contributed by atoms with van der Waals surface area (Å²) in [6, 6.07) is 6.10. The highest BCUT2D eigenvalue weighted by Crippen LogP contribution is 2.38. The van der Waals surface area contributed by atoms with E-state index in [1.807, 2.05) is 43.5 Å². The molecule has 7 nitrogen and oxygen atoms in total. The van der Waals surface area contributed by atoms with Gasteiger partial charge in [0.2, 0.25) is 5.91 Å². The maximum Gasteiger partial charge on any atom is 0.341 e. The average Bonchev–Trinajstić information content (AvgIpc) is 3.59. The summed E-state index contributed by atoms with van der Waals surface area (Å²) in [6.45, 7) is 8.48. The van der Waals surface area contributed by atoms with Crippen molar-refractivity contribution in [1.82, 2.24) is 14.8 Å². The highest BCUT2D eigenvalue weighted by Gasteiger charge is 2.26. The lowest BCUT2D eigenvalue weighted by Crippen LogP contribution is -2.16. The molecule has 0 unspecified atom stereocenters. The van der Waals surface area contributed by atoms with Crippen LogP contribution >= 0.6 is 23.1 Å². The van der Waals surface area contributed by atoms with E-state index in [0.29, 0.717) is 28.2 Å². The Bertz CT molecular complexity index is 1240. The van der Waals surface area contributed by atoms with Gasteiger partial charge in [-0.2, -0.15) is 0 Å². The van der Waals surface area contributed by atoms with E-state index in [0.717, 1.165) is 40.9 Å². The summed E-state index contributed by atoms with van der Waals surface area (Å²) in [5.41, 5.74) is 4.23. The van der Waals surface area contributed by atoms with Crippen LogP contribution in [0.2, 0.25) is 0 Å². The fourth-order valence-electron chi connectivity index (χ4n) is 4.47. The number of aryl methyl sites for hydroxylation is 2. The number of hydrogen-bond donors (Lipinski definition) is 1. The number of methoxy groups -OCH3 is 1. The quantitative estimate of drug-likeness (QED) is 0.216. The van der Waals surface area contributed by atoms with Crippen molar-refractivity contribution in [2.45, 2.75) is 57.1 Å². The fraction of sp³-hybridized carbons (Fsp3) is 0.385. The SMILES string of the molecule is C=CCn1c(SCC(=O)Nc2scc(-c3cc(C)ccc3C)c2C(=O)OC)nnc1C1CCCC1. The summed E-state index contributed by atoms with van der Waals surface area (Å²) in [5, 5.41) is 14.8. The number of anilines is 1. The number of hydrogen-bond acceptors (Lipinski definition) is 7. The summed E-state index contributed by atoms with van der Waals surface area (Å²) < 4.78 is 7.11. The summed E-state index contributed by atoms with van der Waals surface area (Å²) in [7, 11) is 1.35. The monoisotopic (exact) mass is 510 g/mol. The lowest BCUT2D eigenvalue weighted by molar-refractivity contribution is -0.113. The maximum absolute atomic E-state index is 12.9. The highest BCUT2D eigenvalue weighted by atomic mass is 32.2. The number of benzene rings is 1. The first kappa shape index (κ1) is 25.2. The second-order valence-electron chi connectivity index (χ2n) is 8.72. The van der Waals surface area contributed by atoms with Gasteiger partial charge in [0.05, 0.1) is 12.9 Å². The molecule has 1 saturated carbocycles. The van der Waals surface area contributed by atoms with Gasteiger partial charge in [-0.1, -0.05) is 54.4 Å². The Labute approximate surface area is 214 Å². The van der Waals surface area contributed by atoms with Crippen LogP contribution in [0.4, 0.5) is 5.00 Å². The molecule has 4 rings (SSSR count). The van der Waals surface area contributed by atoms with E-state index >= 15 is 0 Å². The summed E-state index contributed by atoms with van der Waals surface area (Å²) in [5.74, 6) is 0.858. The van der Waals surface area contributed by atoms with Crippen molar-refractivity contribution in [3.05, 3.63) is 58.7 Å². The normalized spacial score (nSPS) is 13.7. The predicted octanol–water partition coefficient (Wildman–Crippen LogP) is 5.98.